The number of ketones is 2. The molecule has 0 aliphatic heterocycles. The normalized spacial score (nSPS) is 30.7. The van der Waals surface area contributed by atoms with Gasteiger partial charge in [0.2, 0.25) is 0 Å². The Morgan fingerprint density at radius 3 is 2.53 bits per heavy atom. The first-order valence-electron chi connectivity index (χ1n) is 5.10. The van der Waals surface area contributed by atoms with Crippen molar-refractivity contribution in [1.29, 1.82) is 0 Å². The molecule has 0 amide bonds. The quantitative estimate of drug-likeness (QED) is 0.519. The van der Waals surface area contributed by atoms with Gasteiger partial charge in [0.15, 0.2) is 0 Å². The third-order valence-corrected chi connectivity index (χ3v) is 3.18. The molecule has 1 fully saturated rings. The van der Waals surface area contributed by atoms with E-state index < -0.39 is 11.4 Å². The zero-order chi connectivity index (χ0) is 11.6. The summed E-state index contributed by atoms with van der Waals surface area (Å²) in [7, 11) is 1.26. The van der Waals surface area contributed by atoms with Crippen LogP contribution in [0.3, 0.4) is 0 Å². The van der Waals surface area contributed by atoms with Crippen molar-refractivity contribution in [1.82, 2.24) is 0 Å². The largest absolute Gasteiger partial charge is 0.469 e. The molecule has 15 heavy (non-hydrogen) atoms. The monoisotopic (exact) mass is 212 g/mol. The molecule has 84 valence electrons. The van der Waals surface area contributed by atoms with E-state index >= 15 is 0 Å². The molecule has 0 heterocycles. The van der Waals surface area contributed by atoms with Gasteiger partial charge in [-0.15, -0.1) is 0 Å². The Kier molecular flexibility index (Phi) is 3.27. The Morgan fingerprint density at radius 1 is 1.53 bits per heavy atom. The predicted molar refractivity (Wildman–Crippen MR) is 53.2 cm³/mol. The van der Waals surface area contributed by atoms with Crippen molar-refractivity contribution in [3.63, 3.8) is 0 Å². The van der Waals surface area contributed by atoms with Crippen LogP contribution in [-0.4, -0.2) is 24.6 Å². The highest BCUT2D eigenvalue weighted by Gasteiger charge is 2.51. The summed E-state index contributed by atoms with van der Waals surface area (Å²) in [6.45, 7) is 3.42. The summed E-state index contributed by atoms with van der Waals surface area (Å²) in [4.78, 5) is 34.7. The van der Waals surface area contributed by atoms with Crippen molar-refractivity contribution in [3.05, 3.63) is 0 Å². The summed E-state index contributed by atoms with van der Waals surface area (Å²) >= 11 is 0. The lowest BCUT2D eigenvalue weighted by Crippen LogP contribution is -2.33. The molecule has 1 aliphatic carbocycles. The van der Waals surface area contributed by atoms with Gasteiger partial charge in [-0.2, -0.15) is 0 Å². The van der Waals surface area contributed by atoms with E-state index in [1.807, 2.05) is 6.92 Å². The SMILES string of the molecule is CC[C@H]1CC(=O)[C@@](C)(CC(=O)OC)C1=O. The molecule has 2 atom stereocenters. The average Bonchev–Trinajstić information content (AvgIpc) is 2.42. The Hall–Kier alpha value is -1.19. The van der Waals surface area contributed by atoms with Crippen LogP contribution in [0.4, 0.5) is 0 Å². The number of hydrogen-bond donors (Lipinski definition) is 0. The van der Waals surface area contributed by atoms with Crippen molar-refractivity contribution in [3.8, 4) is 0 Å². The van der Waals surface area contributed by atoms with Crippen LogP contribution >= 0.6 is 0 Å². The second-order valence-electron chi connectivity index (χ2n) is 4.18. The first kappa shape index (κ1) is 11.9. The van der Waals surface area contributed by atoms with Crippen LogP contribution in [0.2, 0.25) is 0 Å². The number of Topliss-reactive ketones (excluding diaryl/α,β-unsaturated/α-hetero) is 2. The highest BCUT2D eigenvalue weighted by atomic mass is 16.5. The second kappa shape index (κ2) is 4.13. The number of hydrogen-bond acceptors (Lipinski definition) is 4. The van der Waals surface area contributed by atoms with Crippen LogP contribution in [0.15, 0.2) is 0 Å². The molecule has 0 aromatic carbocycles. The predicted octanol–water partition coefficient (Wildman–Crippen LogP) is 1.12. The molecule has 0 bridgehead atoms. The van der Waals surface area contributed by atoms with E-state index in [1.165, 1.54) is 7.11 Å². The molecule has 4 nitrogen and oxygen atoms in total. The number of methoxy groups -OCH3 is 1. The Bertz CT molecular complexity index is 308. The van der Waals surface area contributed by atoms with E-state index in [1.54, 1.807) is 6.92 Å². The summed E-state index contributed by atoms with van der Waals surface area (Å²) in [6.07, 6.45) is 0.793. The van der Waals surface area contributed by atoms with Crippen LogP contribution in [0.25, 0.3) is 0 Å². The van der Waals surface area contributed by atoms with Gasteiger partial charge in [-0.1, -0.05) is 6.92 Å². The maximum absolute atomic E-state index is 11.9. The number of carbonyl (C=O) groups excluding carboxylic acids is 3. The van der Waals surface area contributed by atoms with Crippen molar-refractivity contribution in [2.45, 2.75) is 33.1 Å². The average molecular weight is 212 g/mol. The van der Waals surface area contributed by atoms with Crippen molar-refractivity contribution >= 4 is 17.5 Å². The lowest BCUT2D eigenvalue weighted by atomic mass is 9.82. The van der Waals surface area contributed by atoms with Gasteiger partial charge in [0.1, 0.15) is 11.6 Å². The highest BCUT2D eigenvalue weighted by molar-refractivity contribution is 6.15. The van der Waals surface area contributed by atoms with Crippen molar-refractivity contribution in [2.24, 2.45) is 11.3 Å². The van der Waals surface area contributed by atoms with Gasteiger partial charge in [0.25, 0.3) is 0 Å². The minimum absolute atomic E-state index is 0.111. The molecule has 1 aliphatic rings. The zero-order valence-electron chi connectivity index (χ0n) is 9.33. The van der Waals surface area contributed by atoms with Gasteiger partial charge in [-0.25, -0.2) is 0 Å². The fourth-order valence-corrected chi connectivity index (χ4v) is 2.01. The molecule has 0 spiro atoms. The first-order valence-corrected chi connectivity index (χ1v) is 5.10. The topological polar surface area (TPSA) is 60.4 Å². The number of esters is 1. The molecule has 0 unspecified atom stereocenters. The van der Waals surface area contributed by atoms with E-state index in [0.717, 1.165) is 0 Å². The molecule has 1 rings (SSSR count). The lowest BCUT2D eigenvalue weighted by molar-refractivity contribution is -0.149. The lowest BCUT2D eigenvalue weighted by Gasteiger charge is -2.19. The summed E-state index contributed by atoms with van der Waals surface area (Å²) in [5.74, 6) is -0.965. The summed E-state index contributed by atoms with van der Waals surface area (Å²) < 4.78 is 4.50. The van der Waals surface area contributed by atoms with Gasteiger partial charge in [-0.3, -0.25) is 14.4 Å². The molecule has 0 N–H and O–H groups in total. The summed E-state index contributed by atoms with van der Waals surface area (Å²) in [5, 5.41) is 0. The molecule has 4 heteroatoms. The van der Waals surface area contributed by atoms with Crippen molar-refractivity contribution in [2.75, 3.05) is 7.11 Å². The standard InChI is InChI=1S/C11H16O4/c1-4-7-5-8(12)11(2,10(7)14)6-9(13)15-3/h7H,4-6H2,1-3H3/t7-,11+/m0/s1. The molecule has 0 aromatic heterocycles. The van der Waals surface area contributed by atoms with Crippen molar-refractivity contribution < 1.29 is 19.1 Å². The maximum atomic E-state index is 11.9. The Labute approximate surface area is 89.0 Å². The molecule has 0 saturated heterocycles. The van der Waals surface area contributed by atoms with Crippen LogP contribution in [0.1, 0.15) is 33.1 Å². The molecule has 0 aromatic rings. The van der Waals surface area contributed by atoms with E-state index in [-0.39, 0.29) is 30.3 Å². The Balaban J connectivity index is 2.87. The molecular formula is C11H16O4. The molecular weight excluding hydrogens is 196 g/mol. The van der Waals surface area contributed by atoms with E-state index in [0.29, 0.717) is 6.42 Å². The Morgan fingerprint density at radius 2 is 2.13 bits per heavy atom. The van der Waals surface area contributed by atoms with Crippen LogP contribution < -0.4 is 0 Å². The van der Waals surface area contributed by atoms with Gasteiger partial charge in [-0.05, 0) is 13.3 Å². The number of rotatable bonds is 3. The number of ether oxygens (including phenoxy) is 1. The third kappa shape index (κ3) is 1.94. The van der Waals surface area contributed by atoms with E-state index in [2.05, 4.69) is 4.74 Å². The van der Waals surface area contributed by atoms with Crippen LogP contribution in [0, 0.1) is 11.3 Å². The van der Waals surface area contributed by atoms with Crippen LogP contribution in [0.5, 0.6) is 0 Å². The summed E-state index contributed by atoms with van der Waals surface area (Å²) in [5.41, 5.74) is -1.15. The van der Waals surface area contributed by atoms with Gasteiger partial charge >= 0.3 is 5.97 Å². The van der Waals surface area contributed by atoms with Gasteiger partial charge < -0.3 is 4.74 Å². The number of carbonyl (C=O) groups is 3. The second-order valence-corrected chi connectivity index (χ2v) is 4.18. The van der Waals surface area contributed by atoms with E-state index in [9.17, 15) is 14.4 Å². The molecule has 0 radical (unpaired) electrons. The van der Waals surface area contributed by atoms with E-state index in [4.69, 9.17) is 0 Å². The third-order valence-electron chi connectivity index (χ3n) is 3.18. The van der Waals surface area contributed by atoms with Crippen LogP contribution in [-0.2, 0) is 19.1 Å². The first-order chi connectivity index (χ1) is 6.95. The summed E-state index contributed by atoms with van der Waals surface area (Å²) in [6, 6.07) is 0. The minimum atomic E-state index is -1.15. The van der Waals surface area contributed by atoms with Gasteiger partial charge in [0.05, 0.1) is 18.9 Å². The maximum Gasteiger partial charge on any atom is 0.306 e. The highest BCUT2D eigenvalue weighted by Crippen LogP contribution is 2.39. The molecule has 1 saturated carbocycles. The van der Waals surface area contributed by atoms with Gasteiger partial charge in [0, 0.05) is 12.3 Å². The smallest absolute Gasteiger partial charge is 0.306 e. The zero-order valence-corrected chi connectivity index (χ0v) is 9.33. The minimum Gasteiger partial charge on any atom is -0.469 e. The fraction of sp³-hybridized carbons (Fsp3) is 0.727. The fourth-order valence-electron chi connectivity index (χ4n) is 2.01.